The van der Waals surface area contributed by atoms with Gasteiger partial charge in [-0.1, -0.05) is 23.7 Å². The summed E-state index contributed by atoms with van der Waals surface area (Å²) in [5.41, 5.74) is 2.95. The molecule has 2 heterocycles. The van der Waals surface area contributed by atoms with E-state index in [-0.39, 0.29) is 6.61 Å². The first-order chi connectivity index (χ1) is 8.79. The molecule has 4 nitrogen and oxygen atoms in total. The van der Waals surface area contributed by atoms with Gasteiger partial charge in [0.1, 0.15) is 5.69 Å². The van der Waals surface area contributed by atoms with Crippen LogP contribution in [-0.2, 0) is 6.61 Å². The topological polar surface area (TPSA) is 50.4 Å². The lowest BCUT2D eigenvalue weighted by molar-refractivity contribution is 0.283. The zero-order valence-corrected chi connectivity index (χ0v) is 10.2. The number of fused-ring (bicyclic) bond motifs is 1. The molecule has 1 N–H and O–H groups in total. The van der Waals surface area contributed by atoms with Gasteiger partial charge in [0, 0.05) is 23.0 Å². The third-order valence-corrected chi connectivity index (χ3v) is 2.98. The second-order valence-corrected chi connectivity index (χ2v) is 4.32. The van der Waals surface area contributed by atoms with Gasteiger partial charge in [0.2, 0.25) is 0 Å². The Hall–Kier alpha value is -1.91. The van der Waals surface area contributed by atoms with Gasteiger partial charge in [0.05, 0.1) is 12.2 Å². The van der Waals surface area contributed by atoms with E-state index in [1.165, 1.54) is 0 Å². The van der Waals surface area contributed by atoms with Gasteiger partial charge >= 0.3 is 0 Å². The Labute approximate surface area is 108 Å². The maximum atomic E-state index is 9.51. The second kappa shape index (κ2) is 4.40. The normalized spacial score (nSPS) is 11.0. The maximum absolute atomic E-state index is 9.51. The highest BCUT2D eigenvalue weighted by molar-refractivity contribution is 6.30. The first-order valence-electron chi connectivity index (χ1n) is 5.48. The lowest BCUT2D eigenvalue weighted by atomic mass is 10.1. The molecule has 5 heteroatoms. The van der Waals surface area contributed by atoms with Crippen LogP contribution < -0.4 is 0 Å². The fourth-order valence-electron chi connectivity index (χ4n) is 1.95. The highest BCUT2D eigenvalue weighted by atomic mass is 35.5. The maximum Gasteiger partial charge on any atom is 0.161 e. The van der Waals surface area contributed by atoms with Gasteiger partial charge in [-0.3, -0.25) is 0 Å². The number of halogens is 1. The van der Waals surface area contributed by atoms with Crippen molar-refractivity contribution in [2.75, 3.05) is 0 Å². The molecule has 0 radical (unpaired) electrons. The zero-order chi connectivity index (χ0) is 12.5. The molecule has 0 amide bonds. The lowest BCUT2D eigenvalue weighted by Gasteiger charge is -1.99. The van der Waals surface area contributed by atoms with Crippen LogP contribution in [0.1, 0.15) is 5.56 Å². The second-order valence-electron chi connectivity index (χ2n) is 3.88. The summed E-state index contributed by atoms with van der Waals surface area (Å²) in [5.74, 6) is 0. The Morgan fingerprint density at radius 3 is 2.94 bits per heavy atom. The van der Waals surface area contributed by atoms with E-state index in [0.29, 0.717) is 21.9 Å². The number of benzene rings is 1. The van der Waals surface area contributed by atoms with Crippen molar-refractivity contribution >= 4 is 17.2 Å². The molecule has 3 aromatic rings. The van der Waals surface area contributed by atoms with Gasteiger partial charge in [0.25, 0.3) is 0 Å². The van der Waals surface area contributed by atoms with E-state index in [0.717, 1.165) is 5.56 Å². The number of aliphatic hydroxyl groups excluding tert-OH is 1. The van der Waals surface area contributed by atoms with Crippen LogP contribution in [0.25, 0.3) is 16.9 Å². The molecule has 0 fully saturated rings. The predicted octanol–water partition coefficient (Wildman–Crippen LogP) is 2.54. The van der Waals surface area contributed by atoms with Gasteiger partial charge in [-0.2, -0.15) is 5.10 Å². The van der Waals surface area contributed by atoms with Crippen LogP contribution in [0.5, 0.6) is 0 Å². The fourth-order valence-corrected chi connectivity index (χ4v) is 2.14. The lowest BCUT2D eigenvalue weighted by Crippen LogP contribution is -1.89. The molecule has 3 rings (SSSR count). The fraction of sp³-hybridized carbons (Fsp3) is 0.0769. The van der Waals surface area contributed by atoms with E-state index in [1.807, 2.05) is 18.2 Å². The van der Waals surface area contributed by atoms with E-state index in [9.17, 15) is 5.11 Å². The van der Waals surface area contributed by atoms with Crippen molar-refractivity contribution in [2.45, 2.75) is 6.61 Å². The molecule has 0 atom stereocenters. The number of aliphatic hydroxyl groups is 1. The quantitative estimate of drug-likeness (QED) is 0.769. The van der Waals surface area contributed by atoms with Crippen molar-refractivity contribution in [3.05, 3.63) is 53.3 Å². The third-order valence-electron chi connectivity index (χ3n) is 2.75. The van der Waals surface area contributed by atoms with Crippen LogP contribution in [0.2, 0.25) is 5.02 Å². The molecule has 18 heavy (non-hydrogen) atoms. The largest absolute Gasteiger partial charge is 0.391 e. The smallest absolute Gasteiger partial charge is 0.161 e. The summed E-state index contributed by atoms with van der Waals surface area (Å²) in [7, 11) is 0. The van der Waals surface area contributed by atoms with Gasteiger partial charge in [-0.25, -0.2) is 9.50 Å². The first kappa shape index (κ1) is 11.2. The molecule has 0 spiro atoms. The predicted molar refractivity (Wildman–Crippen MR) is 69.4 cm³/mol. The standard InChI is InChI=1S/C13H10ClN3O/c14-10-4-1-3-9(7-10)12-11(8-18)13-15-5-2-6-17(13)16-12/h1-7,18H,8H2. The Morgan fingerprint density at radius 1 is 1.28 bits per heavy atom. The minimum atomic E-state index is -0.109. The van der Waals surface area contributed by atoms with Crippen molar-refractivity contribution in [3.63, 3.8) is 0 Å². The molecule has 0 bridgehead atoms. The molecular formula is C13H10ClN3O. The average molecular weight is 260 g/mol. The van der Waals surface area contributed by atoms with Crippen molar-refractivity contribution in [2.24, 2.45) is 0 Å². The van der Waals surface area contributed by atoms with E-state index >= 15 is 0 Å². The summed E-state index contributed by atoms with van der Waals surface area (Å²) in [4.78, 5) is 4.23. The molecule has 1 aromatic carbocycles. The van der Waals surface area contributed by atoms with Gasteiger partial charge < -0.3 is 5.11 Å². The third kappa shape index (κ3) is 1.75. The van der Waals surface area contributed by atoms with E-state index in [2.05, 4.69) is 10.1 Å². The van der Waals surface area contributed by atoms with Crippen LogP contribution in [-0.4, -0.2) is 19.7 Å². The monoisotopic (exact) mass is 259 g/mol. The van der Waals surface area contributed by atoms with Gasteiger partial charge in [-0.05, 0) is 18.2 Å². The summed E-state index contributed by atoms with van der Waals surface area (Å²) in [6.07, 6.45) is 3.48. The summed E-state index contributed by atoms with van der Waals surface area (Å²) in [6, 6.07) is 9.19. The average Bonchev–Trinajstić information content (AvgIpc) is 2.77. The molecule has 0 aliphatic heterocycles. The van der Waals surface area contributed by atoms with Crippen molar-refractivity contribution in [1.82, 2.24) is 14.6 Å². The Bertz CT molecular complexity index is 708. The van der Waals surface area contributed by atoms with Crippen LogP contribution in [0.15, 0.2) is 42.7 Å². The van der Waals surface area contributed by atoms with Crippen molar-refractivity contribution in [1.29, 1.82) is 0 Å². The minimum absolute atomic E-state index is 0.109. The Morgan fingerprint density at radius 2 is 2.17 bits per heavy atom. The van der Waals surface area contributed by atoms with Crippen LogP contribution in [0, 0.1) is 0 Å². The van der Waals surface area contributed by atoms with Crippen LogP contribution >= 0.6 is 11.6 Å². The molecule has 0 aliphatic rings. The summed E-state index contributed by atoms with van der Waals surface area (Å²) in [5, 5.41) is 14.6. The molecule has 2 aromatic heterocycles. The highest BCUT2D eigenvalue weighted by Gasteiger charge is 2.14. The first-order valence-corrected chi connectivity index (χ1v) is 5.86. The number of nitrogens with zero attached hydrogens (tertiary/aromatic N) is 3. The molecule has 0 saturated heterocycles. The number of rotatable bonds is 2. The van der Waals surface area contributed by atoms with Gasteiger partial charge in [-0.15, -0.1) is 0 Å². The zero-order valence-electron chi connectivity index (χ0n) is 9.42. The molecular weight excluding hydrogens is 250 g/mol. The molecule has 0 saturated carbocycles. The van der Waals surface area contributed by atoms with E-state index < -0.39 is 0 Å². The van der Waals surface area contributed by atoms with Crippen molar-refractivity contribution < 1.29 is 5.11 Å². The molecule has 90 valence electrons. The number of aromatic nitrogens is 3. The molecule has 0 aliphatic carbocycles. The Balaban J connectivity index is 2.28. The van der Waals surface area contributed by atoms with E-state index in [1.54, 1.807) is 29.0 Å². The Kier molecular flexibility index (Phi) is 2.74. The highest BCUT2D eigenvalue weighted by Crippen LogP contribution is 2.27. The SMILES string of the molecule is OCc1c(-c2cccc(Cl)c2)nn2cccnc12. The number of hydrogen-bond acceptors (Lipinski definition) is 3. The minimum Gasteiger partial charge on any atom is -0.391 e. The summed E-state index contributed by atoms with van der Waals surface area (Å²) in [6.45, 7) is -0.109. The summed E-state index contributed by atoms with van der Waals surface area (Å²) < 4.78 is 1.65. The van der Waals surface area contributed by atoms with Crippen LogP contribution in [0.3, 0.4) is 0 Å². The summed E-state index contributed by atoms with van der Waals surface area (Å²) >= 11 is 5.98. The number of hydrogen-bond donors (Lipinski definition) is 1. The van der Waals surface area contributed by atoms with Gasteiger partial charge in [0.15, 0.2) is 5.65 Å². The molecule has 0 unspecified atom stereocenters. The van der Waals surface area contributed by atoms with E-state index in [4.69, 9.17) is 11.6 Å². The van der Waals surface area contributed by atoms with Crippen LogP contribution in [0.4, 0.5) is 0 Å². The van der Waals surface area contributed by atoms with Crippen molar-refractivity contribution in [3.8, 4) is 11.3 Å².